The number of ether oxygens (including phenoxy) is 1. The Labute approximate surface area is 153 Å². The summed E-state index contributed by atoms with van der Waals surface area (Å²) >= 11 is 0. The van der Waals surface area contributed by atoms with Crippen LogP contribution in [0.1, 0.15) is 13.8 Å². The topological polar surface area (TPSA) is 135 Å². The molecule has 0 amide bonds. The van der Waals surface area contributed by atoms with Gasteiger partial charge < -0.3 is 15.4 Å². The number of hydrogen-bond acceptors (Lipinski definition) is 6. The molecule has 26 heavy (non-hydrogen) atoms. The van der Waals surface area contributed by atoms with Crippen molar-refractivity contribution in [2.24, 2.45) is 4.99 Å². The highest BCUT2D eigenvalue weighted by atomic mass is 32.2. The largest absolute Gasteiger partial charge is 0.377 e. The Morgan fingerprint density at radius 1 is 1.31 bits per heavy atom. The maximum absolute atomic E-state index is 12.2. The summed E-state index contributed by atoms with van der Waals surface area (Å²) in [5.41, 5.74) is -0.655. The molecule has 0 aromatic heterocycles. The summed E-state index contributed by atoms with van der Waals surface area (Å²) in [7, 11) is -0.624. The first-order valence-corrected chi connectivity index (χ1v) is 9.33. The van der Waals surface area contributed by atoms with Crippen molar-refractivity contribution in [1.82, 2.24) is 15.4 Å². The SMILES string of the molecule is CN=C(NCCNS(=O)(=O)c1cccc([N+](=O)[O-])c1)NCC(C)(C)OC. The molecular weight excluding hydrogens is 362 g/mol. The molecule has 1 aromatic carbocycles. The number of nitrogens with zero attached hydrogens (tertiary/aromatic N) is 2. The Hall–Kier alpha value is -2.24. The molecule has 0 saturated heterocycles. The summed E-state index contributed by atoms with van der Waals surface area (Å²) in [4.78, 5) is 14.0. The molecular formula is C15H25N5O5S. The highest BCUT2D eigenvalue weighted by Gasteiger charge is 2.18. The monoisotopic (exact) mass is 387 g/mol. The van der Waals surface area contributed by atoms with Gasteiger partial charge in [-0.15, -0.1) is 0 Å². The van der Waals surface area contributed by atoms with E-state index in [4.69, 9.17) is 4.74 Å². The van der Waals surface area contributed by atoms with E-state index in [1.807, 2.05) is 13.8 Å². The minimum Gasteiger partial charge on any atom is -0.377 e. The van der Waals surface area contributed by atoms with Crippen molar-refractivity contribution in [2.75, 3.05) is 33.8 Å². The lowest BCUT2D eigenvalue weighted by molar-refractivity contribution is -0.385. The van der Waals surface area contributed by atoms with Gasteiger partial charge in [0, 0.05) is 45.9 Å². The number of nitro benzene ring substituents is 1. The molecule has 10 nitrogen and oxygen atoms in total. The highest BCUT2D eigenvalue weighted by molar-refractivity contribution is 7.89. The van der Waals surface area contributed by atoms with Gasteiger partial charge in [-0.25, -0.2) is 13.1 Å². The van der Waals surface area contributed by atoms with Crippen molar-refractivity contribution in [3.63, 3.8) is 0 Å². The molecule has 0 aliphatic rings. The first kappa shape index (κ1) is 21.8. The smallest absolute Gasteiger partial charge is 0.270 e. The van der Waals surface area contributed by atoms with Crippen molar-refractivity contribution in [2.45, 2.75) is 24.3 Å². The number of nitro groups is 1. The van der Waals surface area contributed by atoms with Gasteiger partial charge >= 0.3 is 0 Å². The fourth-order valence-corrected chi connectivity index (χ4v) is 2.87. The molecule has 3 N–H and O–H groups in total. The van der Waals surface area contributed by atoms with Gasteiger partial charge in [0.05, 0.1) is 15.4 Å². The van der Waals surface area contributed by atoms with Crippen LogP contribution in [0.15, 0.2) is 34.2 Å². The molecule has 0 aliphatic carbocycles. The first-order chi connectivity index (χ1) is 12.1. The molecule has 1 aromatic rings. The number of sulfonamides is 1. The van der Waals surface area contributed by atoms with Crippen LogP contribution >= 0.6 is 0 Å². The van der Waals surface area contributed by atoms with Crippen LogP contribution in [0, 0.1) is 10.1 Å². The Bertz CT molecular complexity index is 749. The number of hydrogen-bond donors (Lipinski definition) is 3. The van der Waals surface area contributed by atoms with Crippen LogP contribution in [0.25, 0.3) is 0 Å². The van der Waals surface area contributed by atoms with E-state index >= 15 is 0 Å². The van der Waals surface area contributed by atoms with E-state index in [9.17, 15) is 18.5 Å². The standard InChI is InChI=1S/C15H25N5O5S/c1-15(2,25-4)11-18-14(16-3)17-8-9-19-26(23,24)13-7-5-6-12(10-13)20(21)22/h5-7,10,19H,8-9,11H2,1-4H3,(H2,16,17,18). The lowest BCUT2D eigenvalue weighted by Gasteiger charge is -2.24. The normalized spacial score (nSPS) is 12.7. The van der Waals surface area contributed by atoms with Crippen molar-refractivity contribution in [1.29, 1.82) is 0 Å². The van der Waals surface area contributed by atoms with E-state index in [2.05, 4.69) is 20.3 Å². The molecule has 0 heterocycles. The van der Waals surface area contributed by atoms with E-state index in [0.29, 0.717) is 12.5 Å². The molecule has 0 aliphatic heterocycles. The average molecular weight is 387 g/mol. The summed E-state index contributed by atoms with van der Waals surface area (Å²) in [6.07, 6.45) is 0. The van der Waals surface area contributed by atoms with Crippen molar-refractivity contribution < 1.29 is 18.1 Å². The Morgan fingerprint density at radius 2 is 2.00 bits per heavy atom. The summed E-state index contributed by atoms with van der Waals surface area (Å²) in [6, 6.07) is 4.88. The van der Waals surface area contributed by atoms with Gasteiger partial charge in [-0.1, -0.05) is 6.07 Å². The highest BCUT2D eigenvalue weighted by Crippen LogP contribution is 2.16. The van der Waals surface area contributed by atoms with Gasteiger partial charge in [-0.2, -0.15) is 0 Å². The van der Waals surface area contributed by atoms with Crippen LogP contribution in [-0.2, 0) is 14.8 Å². The Morgan fingerprint density at radius 3 is 2.58 bits per heavy atom. The number of nitrogens with one attached hydrogen (secondary N) is 3. The van der Waals surface area contributed by atoms with E-state index in [1.165, 1.54) is 18.2 Å². The number of aliphatic imine (C=N–C) groups is 1. The molecule has 0 radical (unpaired) electrons. The van der Waals surface area contributed by atoms with Gasteiger partial charge in [0.25, 0.3) is 5.69 Å². The average Bonchev–Trinajstić information content (AvgIpc) is 2.61. The molecule has 0 atom stereocenters. The summed E-state index contributed by atoms with van der Waals surface area (Å²) in [6.45, 7) is 4.71. The van der Waals surface area contributed by atoms with Gasteiger partial charge in [0.15, 0.2) is 5.96 Å². The number of methoxy groups -OCH3 is 1. The minimum atomic E-state index is -3.84. The molecule has 0 unspecified atom stereocenters. The fraction of sp³-hybridized carbons (Fsp3) is 0.533. The Kier molecular flexibility index (Phi) is 7.93. The second kappa shape index (κ2) is 9.46. The zero-order valence-electron chi connectivity index (χ0n) is 15.3. The number of rotatable bonds is 9. The first-order valence-electron chi connectivity index (χ1n) is 7.85. The van der Waals surface area contributed by atoms with E-state index in [0.717, 1.165) is 6.07 Å². The third kappa shape index (κ3) is 6.94. The van der Waals surface area contributed by atoms with Crippen LogP contribution in [0.5, 0.6) is 0 Å². The molecule has 0 saturated carbocycles. The minimum absolute atomic E-state index is 0.0827. The third-order valence-corrected chi connectivity index (χ3v) is 4.96. The quantitative estimate of drug-likeness (QED) is 0.184. The number of benzene rings is 1. The lowest BCUT2D eigenvalue weighted by atomic mass is 10.1. The van der Waals surface area contributed by atoms with Gasteiger partial charge in [0.1, 0.15) is 0 Å². The van der Waals surface area contributed by atoms with E-state index in [-0.39, 0.29) is 29.3 Å². The van der Waals surface area contributed by atoms with E-state index in [1.54, 1.807) is 14.2 Å². The molecule has 11 heteroatoms. The molecule has 0 bridgehead atoms. The van der Waals surface area contributed by atoms with Crippen molar-refractivity contribution in [3.05, 3.63) is 34.4 Å². The summed E-state index contributed by atoms with van der Waals surface area (Å²) < 4.78 is 32.1. The fourth-order valence-electron chi connectivity index (χ4n) is 1.80. The van der Waals surface area contributed by atoms with Crippen molar-refractivity contribution >= 4 is 21.7 Å². The molecule has 0 fully saturated rings. The molecule has 1 rings (SSSR count). The lowest BCUT2D eigenvalue weighted by Crippen LogP contribution is -2.46. The number of non-ortho nitro benzene ring substituents is 1. The van der Waals surface area contributed by atoms with Gasteiger partial charge in [0.2, 0.25) is 10.0 Å². The van der Waals surface area contributed by atoms with E-state index < -0.39 is 14.9 Å². The predicted molar refractivity (Wildman–Crippen MR) is 98.7 cm³/mol. The zero-order valence-corrected chi connectivity index (χ0v) is 16.1. The summed E-state index contributed by atoms with van der Waals surface area (Å²) in [5.74, 6) is 0.504. The van der Waals surface area contributed by atoms with Crippen LogP contribution < -0.4 is 15.4 Å². The molecule has 146 valence electrons. The summed E-state index contributed by atoms with van der Waals surface area (Å²) in [5, 5.41) is 16.8. The zero-order chi connectivity index (χ0) is 19.8. The van der Waals surface area contributed by atoms with Crippen LogP contribution in [0.2, 0.25) is 0 Å². The number of guanidine groups is 1. The maximum atomic E-state index is 12.2. The second-order valence-electron chi connectivity index (χ2n) is 5.97. The third-order valence-electron chi connectivity index (χ3n) is 3.51. The van der Waals surface area contributed by atoms with Gasteiger partial charge in [-0.05, 0) is 19.9 Å². The predicted octanol–water partition coefficient (Wildman–Crippen LogP) is 0.463. The Balaban J connectivity index is 2.53. The van der Waals surface area contributed by atoms with Crippen LogP contribution in [0.3, 0.4) is 0 Å². The second-order valence-corrected chi connectivity index (χ2v) is 7.74. The maximum Gasteiger partial charge on any atom is 0.270 e. The van der Waals surface area contributed by atoms with Crippen LogP contribution in [0.4, 0.5) is 5.69 Å². The van der Waals surface area contributed by atoms with Gasteiger partial charge in [-0.3, -0.25) is 15.1 Å². The molecule has 0 spiro atoms. The van der Waals surface area contributed by atoms with Crippen LogP contribution in [-0.4, -0.2) is 58.7 Å². The van der Waals surface area contributed by atoms with Crippen molar-refractivity contribution in [3.8, 4) is 0 Å².